The molecule has 0 unspecified atom stereocenters. The summed E-state index contributed by atoms with van der Waals surface area (Å²) in [5.74, 6) is 1.49. The number of hydrogen-bond donors (Lipinski definition) is 1. The molecule has 0 aliphatic carbocycles. The maximum atomic E-state index is 5.31. The zero-order valence-electron chi connectivity index (χ0n) is 10.8. The highest BCUT2D eigenvalue weighted by molar-refractivity contribution is 9.10. The van der Waals surface area contributed by atoms with Gasteiger partial charge in [0.1, 0.15) is 0 Å². The van der Waals surface area contributed by atoms with Gasteiger partial charge in [-0.05, 0) is 47.0 Å². The number of methoxy groups -OCH3 is 2. The molecule has 0 aliphatic heterocycles. The first kappa shape index (κ1) is 14.3. The molecule has 0 saturated heterocycles. The van der Waals surface area contributed by atoms with Crippen molar-refractivity contribution in [3.05, 3.63) is 22.2 Å². The molecule has 0 radical (unpaired) electrons. The molecule has 4 heteroatoms. The van der Waals surface area contributed by atoms with Gasteiger partial charge in [-0.25, -0.2) is 0 Å². The Kier molecular flexibility index (Phi) is 5.78. The van der Waals surface area contributed by atoms with Gasteiger partial charge in [0.2, 0.25) is 0 Å². The summed E-state index contributed by atoms with van der Waals surface area (Å²) in [5, 5.41) is 3.45. The first-order chi connectivity index (χ1) is 8.12. The lowest BCUT2D eigenvalue weighted by Crippen LogP contribution is -2.24. The Morgan fingerprint density at radius 2 is 2.00 bits per heavy atom. The molecule has 1 rings (SSSR count). The fourth-order valence-corrected chi connectivity index (χ4v) is 2.16. The average Bonchev–Trinajstić information content (AvgIpc) is 2.34. The van der Waals surface area contributed by atoms with E-state index in [1.807, 2.05) is 6.07 Å². The number of hydrogen-bond acceptors (Lipinski definition) is 3. The number of nitrogens with one attached hydrogen (secondary N) is 1. The minimum Gasteiger partial charge on any atom is -0.493 e. The Hall–Kier alpha value is -0.740. The third-order valence-corrected chi connectivity index (χ3v) is 3.35. The van der Waals surface area contributed by atoms with Gasteiger partial charge in [0.05, 0.1) is 18.7 Å². The number of rotatable bonds is 6. The summed E-state index contributed by atoms with van der Waals surface area (Å²) in [6, 6.07) is 4.57. The lowest BCUT2D eigenvalue weighted by atomic mass is 10.1. The number of benzene rings is 1. The van der Waals surface area contributed by atoms with Gasteiger partial charge < -0.3 is 14.8 Å². The molecule has 17 heavy (non-hydrogen) atoms. The molecule has 0 amide bonds. The topological polar surface area (TPSA) is 30.5 Å². The van der Waals surface area contributed by atoms with Crippen LogP contribution in [-0.2, 0) is 6.54 Å². The molecule has 3 nitrogen and oxygen atoms in total. The summed E-state index contributed by atoms with van der Waals surface area (Å²) in [7, 11) is 3.29. The first-order valence-corrected chi connectivity index (χ1v) is 6.55. The van der Waals surface area contributed by atoms with Crippen molar-refractivity contribution in [3.8, 4) is 11.5 Å². The Morgan fingerprint density at radius 1 is 1.29 bits per heavy atom. The SMILES string of the molecule is CC[C@H](C)NCc1cc(Br)c(OC)c(OC)c1. The molecule has 0 heterocycles. The molecule has 1 atom stereocenters. The number of ether oxygens (including phenoxy) is 2. The summed E-state index contributed by atoms with van der Waals surface area (Å²) >= 11 is 3.49. The standard InChI is InChI=1S/C13H20BrNO2/c1-5-9(2)15-8-10-6-11(14)13(17-4)12(7-10)16-3/h6-7,9,15H,5,8H2,1-4H3/t9-/m0/s1. The summed E-state index contributed by atoms with van der Waals surface area (Å²) in [6.45, 7) is 5.17. The quantitative estimate of drug-likeness (QED) is 0.874. The lowest BCUT2D eigenvalue weighted by Gasteiger charge is -2.14. The van der Waals surface area contributed by atoms with Crippen LogP contribution in [0.2, 0.25) is 0 Å². The van der Waals surface area contributed by atoms with Crippen molar-refractivity contribution >= 4 is 15.9 Å². The second-order valence-corrected chi connectivity index (χ2v) is 4.86. The molecule has 0 fully saturated rings. The molecule has 96 valence electrons. The third-order valence-electron chi connectivity index (χ3n) is 2.76. The van der Waals surface area contributed by atoms with Gasteiger partial charge >= 0.3 is 0 Å². The van der Waals surface area contributed by atoms with Crippen LogP contribution in [0.4, 0.5) is 0 Å². The minimum absolute atomic E-state index is 0.516. The second kappa shape index (κ2) is 6.87. The van der Waals surface area contributed by atoms with Crippen LogP contribution in [0.1, 0.15) is 25.8 Å². The molecule has 1 aromatic carbocycles. The van der Waals surface area contributed by atoms with E-state index in [1.165, 1.54) is 5.56 Å². The van der Waals surface area contributed by atoms with Crippen molar-refractivity contribution in [3.63, 3.8) is 0 Å². The van der Waals surface area contributed by atoms with E-state index in [0.29, 0.717) is 6.04 Å². The molecule has 0 saturated carbocycles. The Morgan fingerprint density at radius 3 is 2.53 bits per heavy atom. The largest absolute Gasteiger partial charge is 0.493 e. The molecule has 0 aromatic heterocycles. The second-order valence-electron chi connectivity index (χ2n) is 4.00. The molecular weight excluding hydrogens is 282 g/mol. The summed E-state index contributed by atoms with van der Waals surface area (Å²) < 4.78 is 11.5. The summed E-state index contributed by atoms with van der Waals surface area (Å²) in [6.07, 6.45) is 1.12. The van der Waals surface area contributed by atoms with E-state index in [2.05, 4.69) is 41.2 Å². The number of halogens is 1. The van der Waals surface area contributed by atoms with Gasteiger partial charge in [0.15, 0.2) is 11.5 Å². The Labute approximate surface area is 112 Å². The van der Waals surface area contributed by atoms with Crippen molar-refractivity contribution in [2.24, 2.45) is 0 Å². The van der Waals surface area contributed by atoms with Gasteiger partial charge in [-0.15, -0.1) is 0 Å². The monoisotopic (exact) mass is 301 g/mol. The maximum absolute atomic E-state index is 5.31. The predicted octanol–water partition coefficient (Wildman–Crippen LogP) is 3.35. The molecule has 0 aliphatic rings. The van der Waals surface area contributed by atoms with Crippen molar-refractivity contribution in [2.45, 2.75) is 32.9 Å². The van der Waals surface area contributed by atoms with E-state index in [4.69, 9.17) is 9.47 Å². The van der Waals surface area contributed by atoms with Gasteiger partial charge in [0, 0.05) is 12.6 Å². The molecule has 0 spiro atoms. The fourth-order valence-electron chi connectivity index (χ4n) is 1.51. The molecule has 1 aromatic rings. The van der Waals surface area contributed by atoms with Crippen molar-refractivity contribution in [1.82, 2.24) is 5.32 Å². The van der Waals surface area contributed by atoms with Gasteiger partial charge in [0.25, 0.3) is 0 Å². The van der Waals surface area contributed by atoms with Crippen LogP contribution in [0.25, 0.3) is 0 Å². The molecule has 0 bridgehead atoms. The zero-order chi connectivity index (χ0) is 12.8. The van der Waals surface area contributed by atoms with Gasteiger partial charge in [-0.2, -0.15) is 0 Å². The van der Waals surface area contributed by atoms with E-state index in [0.717, 1.165) is 28.9 Å². The molecular formula is C13H20BrNO2. The lowest BCUT2D eigenvalue weighted by molar-refractivity contribution is 0.352. The fraction of sp³-hybridized carbons (Fsp3) is 0.538. The van der Waals surface area contributed by atoms with E-state index >= 15 is 0 Å². The van der Waals surface area contributed by atoms with Crippen LogP contribution >= 0.6 is 15.9 Å². The Bertz CT molecular complexity index is 369. The maximum Gasteiger partial charge on any atom is 0.174 e. The Balaban J connectivity index is 2.84. The van der Waals surface area contributed by atoms with E-state index in [9.17, 15) is 0 Å². The van der Waals surface area contributed by atoms with Crippen LogP contribution in [0, 0.1) is 0 Å². The van der Waals surface area contributed by atoms with Crippen LogP contribution in [-0.4, -0.2) is 20.3 Å². The third kappa shape index (κ3) is 3.89. The van der Waals surface area contributed by atoms with E-state index < -0.39 is 0 Å². The van der Waals surface area contributed by atoms with Crippen LogP contribution < -0.4 is 14.8 Å². The summed E-state index contributed by atoms with van der Waals surface area (Å²) in [4.78, 5) is 0. The van der Waals surface area contributed by atoms with Gasteiger partial charge in [-0.3, -0.25) is 0 Å². The van der Waals surface area contributed by atoms with E-state index in [1.54, 1.807) is 14.2 Å². The normalized spacial score (nSPS) is 12.3. The molecule has 1 N–H and O–H groups in total. The van der Waals surface area contributed by atoms with Crippen molar-refractivity contribution in [2.75, 3.05) is 14.2 Å². The van der Waals surface area contributed by atoms with Gasteiger partial charge in [-0.1, -0.05) is 6.92 Å². The van der Waals surface area contributed by atoms with Crippen LogP contribution in [0.5, 0.6) is 11.5 Å². The average molecular weight is 302 g/mol. The van der Waals surface area contributed by atoms with Crippen molar-refractivity contribution < 1.29 is 9.47 Å². The van der Waals surface area contributed by atoms with Crippen molar-refractivity contribution in [1.29, 1.82) is 0 Å². The highest BCUT2D eigenvalue weighted by Gasteiger charge is 2.10. The highest BCUT2D eigenvalue weighted by Crippen LogP contribution is 2.36. The van der Waals surface area contributed by atoms with Crippen LogP contribution in [0.15, 0.2) is 16.6 Å². The highest BCUT2D eigenvalue weighted by atomic mass is 79.9. The van der Waals surface area contributed by atoms with Crippen LogP contribution in [0.3, 0.4) is 0 Å². The smallest absolute Gasteiger partial charge is 0.174 e. The predicted molar refractivity (Wildman–Crippen MR) is 73.8 cm³/mol. The first-order valence-electron chi connectivity index (χ1n) is 5.76. The summed E-state index contributed by atoms with van der Waals surface area (Å²) in [5.41, 5.74) is 1.18. The minimum atomic E-state index is 0.516. The zero-order valence-corrected chi connectivity index (χ0v) is 12.4. The van der Waals surface area contributed by atoms with E-state index in [-0.39, 0.29) is 0 Å².